The smallest absolute Gasteiger partial charge is 0.164 e. The van der Waals surface area contributed by atoms with Gasteiger partial charge in [0.1, 0.15) is 18.7 Å². The van der Waals surface area contributed by atoms with E-state index in [0.29, 0.717) is 12.4 Å². The number of hydrogen-bond donors (Lipinski definition) is 1. The Kier molecular flexibility index (Phi) is 4.93. The van der Waals surface area contributed by atoms with Crippen LogP contribution in [0.5, 0.6) is 5.75 Å². The summed E-state index contributed by atoms with van der Waals surface area (Å²) < 4.78 is 8.41. The standard InChI is InChI=1S/C13H16BrN3O2/c1-2-6-17-12(15-9-16-17)8-19-13-10(7-18)4-3-5-11(13)14/h3-5,9,18H,2,6-8H2,1H3. The molecule has 19 heavy (non-hydrogen) atoms. The van der Waals surface area contributed by atoms with Crippen molar-refractivity contribution in [3.63, 3.8) is 0 Å². The summed E-state index contributed by atoms with van der Waals surface area (Å²) in [6, 6.07) is 5.57. The van der Waals surface area contributed by atoms with E-state index in [2.05, 4.69) is 32.9 Å². The molecular formula is C13H16BrN3O2. The van der Waals surface area contributed by atoms with Crippen LogP contribution in [0, 0.1) is 0 Å². The van der Waals surface area contributed by atoms with Gasteiger partial charge in [-0.15, -0.1) is 0 Å². The average molecular weight is 326 g/mol. The minimum Gasteiger partial charge on any atom is -0.484 e. The second-order valence-corrected chi connectivity index (χ2v) is 4.93. The monoisotopic (exact) mass is 325 g/mol. The number of aromatic nitrogens is 3. The van der Waals surface area contributed by atoms with E-state index in [0.717, 1.165) is 28.8 Å². The Balaban J connectivity index is 2.12. The maximum absolute atomic E-state index is 9.30. The third kappa shape index (κ3) is 3.33. The van der Waals surface area contributed by atoms with Gasteiger partial charge in [-0.25, -0.2) is 9.67 Å². The lowest BCUT2D eigenvalue weighted by Crippen LogP contribution is -2.09. The summed E-state index contributed by atoms with van der Waals surface area (Å²) in [6.07, 6.45) is 2.52. The van der Waals surface area contributed by atoms with Crippen LogP contribution in [-0.4, -0.2) is 19.9 Å². The maximum Gasteiger partial charge on any atom is 0.164 e. The van der Waals surface area contributed by atoms with Crippen LogP contribution >= 0.6 is 15.9 Å². The van der Waals surface area contributed by atoms with Crippen molar-refractivity contribution in [1.82, 2.24) is 14.8 Å². The molecule has 1 heterocycles. The zero-order chi connectivity index (χ0) is 13.7. The SMILES string of the molecule is CCCn1ncnc1COc1c(Br)cccc1CO. The number of rotatable bonds is 6. The molecule has 0 spiro atoms. The van der Waals surface area contributed by atoms with Crippen LogP contribution < -0.4 is 4.74 Å². The largest absolute Gasteiger partial charge is 0.484 e. The minimum absolute atomic E-state index is 0.0591. The Morgan fingerprint density at radius 1 is 1.42 bits per heavy atom. The van der Waals surface area contributed by atoms with Gasteiger partial charge < -0.3 is 9.84 Å². The van der Waals surface area contributed by atoms with E-state index in [4.69, 9.17) is 4.74 Å². The van der Waals surface area contributed by atoms with Gasteiger partial charge in [0.05, 0.1) is 11.1 Å². The van der Waals surface area contributed by atoms with Gasteiger partial charge in [-0.1, -0.05) is 19.1 Å². The molecule has 1 N–H and O–H groups in total. The van der Waals surface area contributed by atoms with Gasteiger partial charge >= 0.3 is 0 Å². The number of nitrogens with zero attached hydrogens (tertiary/aromatic N) is 3. The number of ether oxygens (including phenoxy) is 1. The molecule has 0 bridgehead atoms. The molecule has 1 aromatic heterocycles. The highest BCUT2D eigenvalue weighted by atomic mass is 79.9. The minimum atomic E-state index is -0.0591. The molecular weight excluding hydrogens is 310 g/mol. The second kappa shape index (κ2) is 6.68. The summed E-state index contributed by atoms with van der Waals surface area (Å²) in [5, 5.41) is 13.5. The normalized spacial score (nSPS) is 10.7. The van der Waals surface area contributed by atoms with E-state index in [1.54, 1.807) is 0 Å². The van der Waals surface area contributed by atoms with Crippen LogP contribution in [0.25, 0.3) is 0 Å². The van der Waals surface area contributed by atoms with Crippen LogP contribution in [0.4, 0.5) is 0 Å². The number of aliphatic hydroxyl groups excluding tert-OH is 1. The second-order valence-electron chi connectivity index (χ2n) is 4.07. The summed E-state index contributed by atoms with van der Waals surface area (Å²) in [5.74, 6) is 1.43. The molecule has 0 aliphatic carbocycles. The molecule has 1 aromatic carbocycles. The summed E-state index contributed by atoms with van der Waals surface area (Å²) >= 11 is 3.42. The first-order valence-electron chi connectivity index (χ1n) is 6.14. The van der Waals surface area contributed by atoms with Gasteiger partial charge in [0.15, 0.2) is 5.82 Å². The van der Waals surface area contributed by atoms with Crippen molar-refractivity contribution in [2.45, 2.75) is 33.1 Å². The summed E-state index contributed by atoms with van der Waals surface area (Å²) in [7, 11) is 0. The number of hydrogen-bond acceptors (Lipinski definition) is 4. The van der Waals surface area contributed by atoms with Crippen molar-refractivity contribution in [3.8, 4) is 5.75 Å². The van der Waals surface area contributed by atoms with Crippen molar-refractivity contribution in [3.05, 3.63) is 40.4 Å². The lowest BCUT2D eigenvalue weighted by Gasteiger charge is -2.12. The Labute approximate surface area is 120 Å². The number of aliphatic hydroxyl groups is 1. The van der Waals surface area contributed by atoms with Gasteiger partial charge in [0, 0.05) is 12.1 Å². The zero-order valence-corrected chi connectivity index (χ0v) is 12.3. The summed E-state index contributed by atoms with van der Waals surface area (Å²) in [6.45, 7) is 3.18. The summed E-state index contributed by atoms with van der Waals surface area (Å²) in [5.41, 5.74) is 0.746. The van der Waals surface area contributed by atoms with Gasteiger partial charge in [0.25, 0.3) is 0 Å². The quantitative estimate of drug-likeness (QED) is 0.886. The van der Waals surface area contributed by atoms with Gasteiger partial charge in [-0.3, -0.25) is 0 Å². The third-order valence-corrected chi connectivity index (χ3v) is 3.32. The predicted octanol–water partition coefficient (Wildman–Crippen LogP) is 2.52. The maximum atomic E-state index is 9.30. The van der Waals surface area contributed by atoms with Crippen molar-refractivity contribution >= 4 is 15.9 Å². The molecule has 0 saturated carbocycles. The molecule has 2 rings (SSSR count). The molecule has 0 saturated heterocycles. The number of halogens is 1. The molecule has 0 aliphatic heterocycles. The molecule has 0 unspecified atom stereocenters. The van der Waals surface area contributed by atoms with E-state index in [1.165, 1.54) is 6.33 Å². The van der Waals surface area contributed by atoms with E-state index in [9.17, 15) is 5.11 Å². The first-order valence-corrected chi connectivity index (χ1v) is 6.93. The Morgan fingerprint density at radius 2 is 2.26 bits per heavy atom. The fourth-order valence-corrected chi connectivity index (χ4v) is 2.30. The first kappa shape index (κ1) is 14.0. The Morgan fingerprint density at radius 3 is 3.00 bits per heavy atom. The predicted molar refractivity (Wildman–Crippen MR) is 74.7 cm³/mol. The van der Waals surface area contributed by atoms with Crippen molar-refractivity contribution in [2.75, 3.05) is 0 Å². The van der Waals surface area contributed by atoms with Crippen molar-refractivity contribution < 1.29 is 9.84 Å². The molecule has 0 amide bonds. The van der Waals surface area contributed by atoms with Crippen LogP contribution in [0.15, 0.2) is 29.0 Å². The highest BCUT2D eigenvalue weighted by Gasteiger charge is 2.10. The van der Waals surface area contributed by atoms with Crippen molar-refractivity contribution in [1.29, 1.82) is 0 Å². The van der Waals surface area contributed by atoms with Crippen LogP contribution in [0.1, 0.15) is 24.7 Å². The molecule has 102 valence electrons. The Hall–Kier alpha value is -1.40. The van der Waals surface area contributed by atoms with Crippen molar-refractivity contribution in [2.24, 2.45) is 0 Å². The molecule has 5 nitrogen and oxygen atoms in total. The number of benzene rings is 1. The zero-order valence-electron chi connectivity index (χ0n) is 10.7. The fourth-order valence-electron chi connectivity index (χ4n) is 1.77. The highest BCUT2D eigenvalue weighted by molar-refractivity contribution is 9.10. The molecule has 6 heteroatoms. The van der Waals surface area contributed by atoms with E-state index < -0.39 is 0 Å². The van der Waals surface area contributed by atoms with Gasteiger partial charge in [-0.2, -0.15) is 5.10 Å². The van der Waals surface area contributed by atoms with Gasteiger partial charge in [-0.05, 0) is 28.4 Å². The topological polar surface area (TPSA) is 60.2 Å². The van der Waals surface area contributed by atoms with E-state index in [1.807, 2.05) is 22.9 Å². The lowest BCUT2D eigenvalue weighted by atomic mass is 10.2. The van der Waals surface area contributed by atoms with Crippen LogP contribution in [-0.2, 0) is 19.8 Å². The van der Waals surface area contributed by atoms with Crippen LogP contribution in [0.2, 0.25) is 0 Å². The first-order chi connectivity index (χ1) is 9.26. The highest BCUT2D eigenvalue weighted by Crippen LogP contribution is 2.29. The number of para-hydroxylation sites is 1. The van der Waals surface area contributed by atoms with E-state index >= 15 is 0 Å². The number of aryl methyl sites for hydroxylation is 1. The molecule has 0 atom stereocenters. The molecule has 0 aliphatic rings. The lowest BCUT2D eigenvalue weighted by molar-refractivity contribution is 0.251. The van der Waals surface area contributed by atoms with Crippen LogP contribution in [0.3, 0.4) is 0 Å². The fraction of sp³-hybridized carbons (Fsp3) is 0.385. The molecule has 0 fully saturated rings. The third-order valence-electron chi connectivity index (χ3n) is 2.70. The van der Waals surface area contributed by atoms with E-state index in [-0.39, 0.29) is 6.61 Å². The summed E-state index contributed by atoms with van der Waals surface area (Å²) in [4.78, 5) is 4.18. The molecule has 2 aromatic rings. The van der Waals surface area contributed by atoms with Gasteiger partial charge in [0.2, 0.25) is 0 Å². The average Bonchev–Trinajstić information content (AvgIpc) is 2.85. The Bertz CT molecular complexity index is 542. The molecule has 0 radical (unpaired) electrons.